The first-order valence-electron chi connectivity index (χ1n) is 9.60. The van der Waals surface area contributed by atoms with Gasteiger partial charge in [-0.2, -0.15) is 22.4 Å². The summed E-state index contributed by atoms with van der Waals surface area (Å²) in [7, 11) is -2.40. The van der Waals surface area contributed by atoms with E-state index in [0.29, 0.717) is 52.1 Å². The zero-order valence-corrected chi connectivity index (χ0v) is 17.2. The number of rotatable bonds is 6. The van der Waals surface area contributed by atoms with E-state index in [1.165, 1.54) is 12.5 Å². The zero-order chi connectivity index (χ0) is 19.7. The van der Waals surface area contributed by atoms with Gasteiger partial charge >= 0.3 is 0 Å². The summed E-state index contributed by atoms with van der Waals surface area (Å²) < 4.78 is 39.5. The number of aromatic amines is 1. The van der Waals surface area contributed by atoms with Crippen LogP contribution in [0, 0.1) is 11.7 Å². The number of benzene rings is 1. The van der Waals surface area contributed by atoms with E-state index in [0.717, 1.165) is 25.7 Å². The van der Waals surface area contributed by atoms with E-state index in [1.54, 1.807) is 17.8 Å². The molecule has 1 saturated heterocycles. The molecule has 1 aromatic heterocycles. The summed E-state index contributed by atoms with van der Waals surface area (Å²) in [5.41, 5.74) is -0.178. The van der Waals surface area contributed by atoms with E-state index in [9.17, 15) is 18.3 Å². The predicted octanol–water partition coefficient (Wildman–Crippen LogP) is 4.39. The Morgan fingerprint density at radius 3 is 2.68 bits per heavy atom. The molecule has 4 rings (SSSR count). The Bertz CT molecular complexity index is 907. The molecule has 0 radical (unpaired) electrons. The Morgan fingerprint density at radius 1 is 1.25 bits per heavy atom. The lowest BCUT2D eigenvalue weighted by atomic mass is 9.86. The molecule has 1 aliphatic heterocycles. The Labute approximate surface area is 168 Å². The second-order valence-electron chi connectivity index (χ2n) is 7.64. The molecular weight excluding hydrogens is 403 g/mol. The smallest absolute Gasteiger partial charge is 0.261 e. The summed E-state index contributed by atoms with van der Waals surface area (Å²) in [6.45, 7) is 0.567. The van der Waals surface area contributed by atoms with Crippen molar-refractivity contribution in [3.05, 3.63) is 34.1 Å². The van der Waals surface area contributed by atoms with E-state index in [1.807, 2.05) is 0 Å². The number of thioether (sulfide) groups is 1. The number of hydrogen-bond donors (Lipinski definition) is 3. The van der Waals surface area contributed by atoms with Crippen LogP contribution in [-0.4, -0.2) is 42.4 Å². The minimum absolute atomic E-state index is 0.0450. The van der Waals surface area contributed by atoms with Crippen LogP contribution in [0.2, 0.25) is 0 Å². The van der Waals surface area contributed by atoms with Crippen molar-refractivity contribution in [2.75, 3.05) is 18.1 Å². The van der Waals surface area contributed by atoms with E-state index in [2.05, 4.69) is 9.97 Å². The van der Waals surface area contributed by atoms with Crippen molar-refractivity contribution in [2.45, 2.75) is 43.1 Å². The lowest BCUT2D eigenvalue weighted by molar-refractivity contribution is 0.180. The lowest BCUT2D eigenvalue weighted by Gasteiger charge is -2.38. The van der Waals surface area contributed by atoms with E-state index >= 15 is 0 Å². The van der Waals surface area contributed by atoms with Gasteiger partial charge in [-0.1, -0.05) is 6.42 Å². The van der Waals surface area contributed by atoms with Gasteiger partial charge in [0.25, 0.3) is 5.56 Å². The first-order valence-corrected chi connectivity index (χ1v) is 12.5. The van der Waals surface area contributed by atoms with Crippen molar-refractivity contribution < 1.29 is 18.2 Å². The fourth-order valence-corrected chi connectivity index (χ4v) is 6.45. The number of ether oxygens (including phenoxy) is 1. The zero-order valence-electron chi connectivity index (χ0n) is 15.5. The van der Waals surface area contributed by atoms with Crippen LogP contribution in [-0.2, 0) is 5.75 Å². The fraction of sp³-hybridized carbons (Fsp3) is 0.579. The van der Waals surface area contributed by atoms with Crippen LogP contribution in [0.1, 0.15) is 37.9 Å². The molecule has 0 atom stereocenters. The van der Waals surface area contributed by atoms with Gasteiger partial charge in [0.1, 0.15) is 22.8 Å². The van der Waals surface area contributed by atoms with Gasteiger partial charge in [-0.15, -0.1) is 0 Å². The highest BCUT2D eigenvalue weighted by Crippen LogP contribution is 2.46. The molecule has 0 bridgehead atoms. The summed E-state index contributed by atoms with van der Waals surface area (Å²) >= 11 is 1.64. The highest BCUT2D eigenvalue weighted by Gasteiger charge is 2.24. The molecule has 0 amide bonds. The number of halogens is 1. The van der Waals surface area contributed by atoms with E-state index < -0.39 is 22.0 Å². The predicted molar refractivity (Wildman–Crippen MR) is 112 cm³/mol. The molecule has 1 saturated carbocycles. The molecule has 1 aliphatic carbocycles. The molecule has 3 N–H and O–H groups in total. The van der Waals surface area contributed by atoms with Gasteiger partial charge in [0, 0.05) is 28.9 Å². The number of fused-ring (bicyclic) bond motifs is 1. The van der Waals surface area contributed by atoms with E-state index in [4.69, 9.17) is 4.74 Å². The van der Waals surface area contributed by atoms with Crippen LogP contribution in [0.15, 0.2) is 16.9 Å². The van der Waals surface area contributed by atoms with Crippen LogP contribution in [0.3, 0.4) is 0 Å². The van der Waals surface area contributed by atoms with Gasteiger partial charge in [0.15, 0.2) is 0 Å². The first-order chi connectivity index (χ1) is 13.4. The lowest BCUT2D eigenvalue weighted by Crippen LogP contribution is -2.22. The van der Waals surface area contributed by atoms with Gasteiger partial charge < -0.3 is 9.72 Å². The Hall–Kier alpha value is -1.29. The van der Waals surface area contributed by atoms with Crippen molar-refractivity contribution in [3.63, 3.8) is 0 Å². The molecule has 2 fully saturated rings. The quantitative estimate of drug-likeness (QED) is 0.632. The Kier molecular flexibility index (Phi) is 5.87. The summed E-state index contributed by atoms with van der Waals surface area (Å²) in [6.07, 6.45) is 4.98. The maximum absolute atomic E-state index is 14.4. The summed E-state index contributed by atoms with van der Waals surface area (Å²) in [4.78, 5) is 19.5. The average Bonchev–Trinajstić information content (AvgIpc) is 2.59. The van der Waals surface area contributed by atoms with Crippen LogP contribution in [0.5, 0.6) is 5.75 Å². The third-order valence-corrected chi connectivity index (χ3v) is 8.64. The summed E-state index contributed by atoms with van der Waals surface area (Å²) in [5.74, 6) is 2.17. The first kappa shape index (κ1) is 20.0. The molecule has 0 spiro atoms. The van der Waals surface area contributed by atoms with Crippen LogP contribution < -0.4 is 10.3 Å². The van der Waals surface area contributed by atoms with Gasteiger partial charge in [0.05, 0.1) is 17.9 Å². The van der Waals surface area contributed by atoms with Crippen molar-refractivity contribution in [1.82, 2.24) is 9.97 Å². The second-order valence-corrected chi connectivity index (χ2v) is 11.4. The van der Waals surface area contributed by atoms with Gasteiger partial charge in [-0.3, -0.25) is 13.9 Å². The third kappa shape index (κ3) is 4.64. The van der Waals surface area contributed by atoms with Gasteiger partial charge in [-0.25, -0.2) is 9.37 Å². The van der Waals surface area contributed by atoms with Crippen LogP contribution in [0.25, 0.3) is 10.9 Å². The molecule has 9 heteroatoms. The van der Waals surface area contributed by atoms with Gasteiger partial charge in [-0.05, 0) is 31.6 Å². The van der Waals surface area contributed by atoms with Crippen molar-refractivity contribution >= 4 is 33.3 Å². The van der Waals surface area contributed by atoms with E-state index in [-0.39, 0.29) is 5.39 Å². The molecule has 28 heavy (non-hydrogen) atoms. The second kappa shape index (κ2) is 8.22. The molecular formula is C19H25FN2O4S2. The van der Waals surface area contributed by atoms with Crippen LogP contribution >= 0.6 is 22.4 Å². The summed E-state index contributed by atoms with van der Waals surface area (Å²) in [6, 6.07) is 2.89. The Morgan fingerprint density at radius 2 is 2.00 bits per heavy atom. The largest absolute Gasteiger partial charge is 0.493 e. The molecule has 1 aromatic carbocycles. The van der Waals surface area contributed by atoms with Crippen molar-refractivity contribution in [1.29, 1.82) is 0 Å². The highest BCUT2D eigenvalue weighted by atomic mass is 32.3. The maximum atomic E-state index is 14.4. The Balaban J connectivity index is 1.47. The fourth-order valence-electron chi connectivity index (χ4n) is 3.52. The van der Waals surface area contributed by atoms with Crippen molar-refractivity contribution in [3.8, 4) is 5.75 Å². The van der Waals surface area contributed by atoms with Crippen LogP contribution in [0.4, 0.5) is 4.39 Å². The van der Waals surface area contributed by atoms with Crippen molar-refractivity contribution in [2.24, 2.45) is 5.92 Å². The molecule has 154 valence electrons. The molecule has 2 aliphatic rings. The summed E-state index contributed by atoms with van der Waals surface area (Å²) in [5, 5.41) is 0.256. The number of nitrogens with zero attached hydrogens (tertiary/aromatic N) is 1. The normalized spacial score (nSPS) is 21.4. The average molecular weight is 429 g/mol. The number of H-pyrrole nitrogens is 1. The molecule has 6 nitrogen and oxygen atoms in total. The standard InChI is InChI=1S/C19H25FN2O4S2/c20-15-8-13(26-10-12-2-1-3-12)9-16-18(15)19(23)22-17(21-16)11-27-14-4-6-28(24,25)7-5-14/h8-9,12,14,24-25H,1-7,10-11H2,(H,21,22,23). The molecule has 2 aromatic rings. The minimum atomic E-state index is -2.40. The van der Waals surface area contributed by atoms with Gasteiger partial charge in [0.2, 0.25) is 0 Å². The topological polar surface area (TPSA) is 95.4 Å². The number of hydrogen-bond acceptors (Lipinski definition) is 6. The monoisotopic (exact) mass is 428 g/mol. The maximum Gasteiger partial charge on any atom is 0.261 e. The molecule has 0 unspecified atom stereocenters. The SMILES string of the molecule is O=c1[nH]c(CSC2CCS(O)(O)CC2)nc2cc(OCC3CCC3)cc(F)c12. The number of nitrogens with one attached hydrogen (secondary N) is 1. The highest BCUT2D eigenvalue weighted by molar-refractivity contribution is 8.24. The third-order valence-electron chi connectivity index (χ3n) is 5.48. The minimum Gasteiger partial charge on any atom is -0.493 e. The number of aromatic nitrogens is 2. The molecule has 2 heterocycles.